The van der Waals surface area contributed by atoms with Crippen LogP contribution in [0.15, 0.2) is 23.8 Å². The second-order valence-electron chi connectivity index (χ2n) is 9.52. The zero-order chi connectivity index (χ0) is 19.8. The molecule has 0 heterocycles. The molecule has 0 bridgehead atoms. The molecule has 0 saturated heterocycles. The Labute approximate surface area is 159 Å². The predicted molar refractivity (Wildman–Crippen MR) is 97.4 cm³/mol. The minimum Gasteiger partial charge on any atom is -0.394 e. The van der Waals surface area contributed by atoms with E-state index >= 15 is 0 Å². The van der Waals surface area contributed by atoms with Crippen molar-refractivity contribution in [1.82, 2.24) is 0 Å². The summed E-state index contributed by atoms with van der Waals surface area (Å²) >= 11 is 0. The number of allylic oxidation sites excluding steroid dienone is 3. The molecule has 9 atom stereocenters. The largest absolute Gasteiger partial charge is 0.394 e. The van der Waals surface area contributed by atoms with Gasteiger partial charge in [0.15, 0.2) is 5.78 Å². The van der Waals surface area contributed by atoms with Crippen LogP contribution in [0.3, 0.4) is 0 Å². The zero-order valence-electron chi connectivity index (χ0n) is 15.9. The number of ketones is 1. The fraction of sp³-hybridized carbons (Fsp3) is 0.762. The normalized spacial score (nSPS) is 52.6. The molecule has 0 amide bonds. The van der Waals surface area contributed by atoms with Gasteiger partial charge in [0.2, 0.25) is 0 Å². The predicted octanol–water partition coefficient (Wildman–Crippen LogP) is 0.320. The van der Waals surface area contributed by atoms with Crippen LogP contribution < -0.4 is 0 Å². The van der Waals surface area contributed by atoms with Gasteiger partial charge in [-0.05, 0) is 55.2 Å². The van der Waals surface area contributed by atoms with E-state index in [0.717, 1.165) is 0 Å². The summed E-state index contributed by atoms with van der Waals surface area (Å²) in [5.41, 5.74) is -2.14. The van der Waals surface area contributed by atoms with Crippen LogP contribution in [0.1, 0.15) is 39.5 Å². The lowest BCUT2D eigenvalue weighted by atomic mass is 9.45. The average Bonchev–Trinajstić information content (AvgIpc) is 2.87. The summed E-state index contributed by atoms with van der Waals surface area (Å²) in [7, 11) is 0. The van der Waals surface area contributed by atoms with Gasteiger partial charge in [-0.3, -0.25) is 4.79 Å². The number of hydrogen-bond acceptors (Lipinski definition) is 6. The summed E-state index contributed by atoms with van der Waals surface area (Å²) in [4.78, 5) is 11.9. The van der Waals surface area contributed by atoms with Crippen LogP contribution in [0.4, 0.5) is 0 Å². The molecule has 150 valence electrons. The molecule has 3 saturated carbocycles. The zero-order valence-corrected chi connectivity index (χ0v) is 15.9. The molecule has 4 rings (SSSR count). The quantitative estimate of drug-likeness (QED) is 0.472. The lowest BCUT2D eigenvalue weighted by Gasteiger charge is -2.61. The highest BCUT2D eigenvalue weighted by atomic mass is 16.4. The van der Waals surface area contributed by atoms with Crippen molar-refractivity contribution in [2.75, 3.05) is 6.61 Å². The Morgan fingerprint density at radius 3 is 2.67 bits per heavy atom. The third-order valence-electron chi connectivity index (χ3n) is 8.45. The lowest BCUT2D eigenvalue weighted by Crippen LogP contribution is -2.63. The summed E-state index contributed by atoms with van der Waals surface area (Å²) in [6.07, 6.45) is 3.83. The molecule has 6 heteroatoms. The molecule has 4 aliphatic carbocycles. The number of aliphatic hydroxyl groups excluding tert-OH is 4. The minimum atomic E-state index is -1.46. The smallest absolute Gasteiger partial charge is 0.178 e. The first-order valence-corrected chi connectivity index (χ1v) is 9.91. The minimum absolute atomic E-state index is 0.0103. The van der Waals surface area contributed by atoms with Crippen LogP contribution in [0, 0.1) is 28.6 Å². The molecule has 6 nitrogen and oxygen atoms in total. The fourth-order valence-corrected chi connectivity index (χ4v) is 7.12. The van der Waals surface area contributed by atoms with Gasteiger partial charge in [-0.25, -0.2) is 0 Å². The second-order valence-corrected chi connectivity index (χ2v) is 9.52. The third kappa shape index (κ3) is 2.34. The van der Waals surface area contributed by atoms with Gasteiger partial charge in [-0.2, -0.15) is 0 Å². The molecular weight excluding hydrogens is 348 g/mol. The van der Waals surface area contributed by atoms with E-state index < -0.39 is 41.3 Å². The number of rotatable bonds is 2. The summed E-state index contributed by atoms with van der Waals surface area (Å²) in [6.45, 7) is 3.34. The van der Waals surface area contributed by atoms with E-state index in [-0.39, 0.29) is 23.5 Å². The maximum Gasteiger partial charge on any atom is 0.178 e. The number of hydrogen-bond donors (Lipinski definition) is 5. The molecule has 4 aliphatic rings. The Bertz CT molecular complexity index is 715. The van der Waals surface area contributed by atoms with Gasteiger partial charge in [0.1, 0.15) is 6.10 Å². The van der Waals surface area contributed by atoms with Crippen molar-refractivity contribution in [2.24, 2.45) is 28.6 Å². The van der Waals surface area contributed by atoms with Crippen LogP contribution in [-0.4, -0.2) is 61.8 Å². The maximum absolute atomic E-state index is 11.9. The van der Waals surface area contributed by atoms with E-state index in [1.165, 1.54) is 12.2 Å². The standard InChI is InChI=1S/C21H30O6/c1-19-5-3-11(23)7-14(19)15(24)8-12-13-4-6-21(27,17(26)10-22)20(13,2)9-16(25)18(12)19/h3,5,7,12-13,15-18,22,24-27H,4,6,8-10H2,1-2H3/t12-,13-,15+,16-,17-,18+,19-,20-,21-/m0/s1. The Kier molecular flexibility index (Phi) is 4.26. The van der Waals surface area contributed by atoms with E-state index in [1.807, 2.05) is 19.9 Å². The van der Waals surface area contributed by atoms with Crippen molar-refractivity contribution in [3.63, 3.8) is 0 Å². The number of aliphatic hydroxyl groups is 5. The Balaban J connectivity index is 1.77. The van der Waals surface area contributed by atoms with Crippen LogP contribution in [0.2, 0.25) is 0 Å². The van der Waals surface area contributed by atoms with Gasteiger partial charge in [0.05, 0.1) is 24.4 Å². The van der Waals surface area contributed by atoms with Crippen molar-refractivity contribution in [3.05, 3.63) is 23.8 Å². The third-order valence-corrected chi connectivity index (χ3v) is 8.45. The summed E-state index contributed by atoms with van der Waals surface area (Å²) in [5.74, 6) is -0.343. The van der Waals surface area contributed by atoms with Crippen molar-refractivity contribution in [3.8, 4) is 0 Å². The van der Waals surface area contributed by atoms with E-state index in [2.05, 4.69) is 0 Å². The van der Waals surface area contributed by atoms with Crippen molar-refractivity contribution in [2.45, 2.75) is 63.4 Å². The first-order chi connectivity index (χ1) is 12.6. The van der Waals surface area contributed by atoms with Crippen LogP contribution >= 0.6 is 0 Å². The summed E-state index contributed by atoms with van der Waals surface area (Å²) in [6, 6.07) is 0. The van der Waals surface area contributed by atoms with Crippen LogP contribution in [0.25, 0.3) is 0 Å². The number of fused-ring (bicyclic) bond motifs is 5. The van der Waals surface area contributed by atoms with Gasteiger partial charge in [-0.1, -0.05) is 19.9 Å². The lowest BCUT2D eigenvalue weighted by molar-refractivity contribution is -0.207. The molecule has 0 aromatic carbocycles. The molecule has 0 unspecified atom stereocenters. The highest BCUT2D eigenvalue weighted by Crippen LogP contribution is 2.67. The van der Waals surface area contributed by atoms with E-state index in [1.54, 1.807) is 0 Å². The molecule has 27 heavy (non-hydrogen) atoms. The van der Waals surface area contributed by atoms with Crippen LogP contribution in [0.5, 0.6) is 0 Å². The van der Waals surface area contributed by atoms with Gasteiger partial charge in [0.25, 0.3) is 0 Å². The molecule has 0 radical (unpaired) electrons. The highest BCUT2D eigenvalue weighted by molar-refractivity contribution is 6.01. The number of carbonyl (C=O) groups is 1. The van der Waals surface area contributed by atoms with Gasteiger partial charge in [0, 0.05) is 16.7 Å². The molecule has 0 aromatic heterocycles. The Hall–Kier alpha value is -1.05. The van der Waals surface area contributed by atoms with E-state index in [0.29, 0.717) is 31.3 Å². The Morgan fingerprint density at radius 2 is 2.00 bits per heavy atom. The van der Waals surface area contributed by atoms with Crippen molar-refractivity contribution in [1.29, 1.82) is 0 Å². The molecule has 5 N–H and O–H groups in total. The highest BCUT2D eigenvalue weighted by Gasteiger charge is 2.68. The molecule has 0 aromatic rings. The topological polar surface area (TPSA) is 118 Å². The van der Waals surface area contributed by atoms with Crippen molar-refractivity contribution < 1.29 is 30.3 Å². The maximum atomic E-state index is 11.9. The SMILES string of the molecule is C[C@]12C=CC(=O)C=C1[C@H](O)C[C@@H]1[C@@H]2[C@@H](O)C[C@@]2(C)[C@H]1CC[C@]2(O)[C@@H](O)CO. The first-order valence-electron chi connectivity index (χ1n) is 9.91. The molecule has 3 fully saturated rings. The van der Waals surface area contributed by atoms with E-state index in [9.17, 15) is 30.3 Å². The second kappa shape index (κ2) is 5.97. The van der Waals surface area contributed by atoms with Gasteiger partial charge >= 0.3 is 0 Å². The molecular formula is C21H30O6. The summed E-state index contributed by atoms with van der Waals surface area (Å²) < 4.78 is 0. The summed E-state index contributed by atoms with van der Waals surface area (Å²) in [5, 5.41) is 53.1. The van der Waals surface area contributed by atoms with Crippen LogP contribution in [-0.2, 0) is 4.79 Å². The number of carbonyl (C=O) groups excluding carboxylic acids is 1. The Morgan fingerprint density at radius 1 is 1.30 bits per heavy atom. The van der Waals surface area contributed by atoms with E-state index in [4.69, 9.17) is 0 Å². The van der Waals surface area contributed by atoms with Crippen molar-refractivity contribution >= 4 is 5.78 Å². The fourth-order valence-electron chi connectivity index (χ4n) is 7.12. The molecule has 0 aliphatic heterocycles. The first kappa shape index (κ1) is 19.3. The van der Waals surface area contributed by atoms with Gasteiger partial charge in [-0.15, -0.1) is 0 Å². The molecule has 0 spiro atoms. The monoisotopic (exact) mass is 378 g/mol. The van der Waals surface area contributed by atoms with Gasteiger partial charge < -0.3 is 25.5 Å². The average molecular weight is 378 g/mol.